The van der Waals surface area contributed by atoms with E-state index < -0.39 is 39.6 Å². The first kappa shape index (κ1) is 16.5. The zero-order valence-electron chi connectivity index (χ0n) is 10.9. The molecule has 0 heterocycles. The molecular weight excluding hydrogens is 288 g/mol. The van der Waals surface area contributed by atoms with Gasteiger partial charge in [0, 0.05) is 13.0 Å². The van der Waals surface area contributed by atoms with Crippen LogP contribution in [0.15, 0.2) is 12.1 Å². The lowest BCUT2D eigenvalue weighted by molar-refractivity contribution is -0.387. The molecule has 0 aromatic heterocycles. The molecule has 21 heavy (non-hydrogen) atoms. The SMILES string of the molecule is NC(=O)CCCCNC(=O)c1cc(F)c([N+](=O)[O-])cc1F. The topological polar surface area (TPSA) is 115 Å². The van der Waals surface area contributed by atoms with Crippen molar-refractivity contribution in [1.82, 2.24) is 5.32 Å². The molecule has 0 fully saturated rings. The van der Waals surface area contributed by atoms with Crippen LogP contribution in [-0.4, -0.2) is 23.3 Å². The first-order valence-corrected chi connectivity index (χ1v) is 6.03. The van der Waals surface area contributed by atoms with Gasteiger partial charge in [-0.3, -0.25) is 19.7 Å². The number of hydrogen-bond donors (Lipinski definition) is 2. The van der Waals surface area contributed by atoms with Gasteiger partial charge in [-0.25, -0.2) is 4.39 Å². The molecule has 3 N–H and O–H groups in total. The Balaban J connectivity index is 2.64. The molecule has 0 aliphatic rings. The number of nitro benzene ring substituents is 1. The van der Waals surface area contributed by atoms with Crippen molar-refractivity contribution in [2.24, 2.45) is 5.73 Å². The van der Waals surface area contributed by atoms with Gasteiger partial charge in [0.05, 0.1) is 16.6 Å². The molecule has 0 unspecified atom stereocenters. The number of nitrogens with zero attached hydrogens (tertiary/aromatic N) is 1. The number of hydrogen-bond acceptors (Lipinski definition) is 4. The summed E-state index contributed by atoms with van der Waals surface area (Å²) in [5.41, 5.74) is 3.27. The van der Waals surface area contributed by atoms with Gasteiger partial charge in [0.1, 0.15) is 5.82 Å². The minimum Gasteiger partial charge on any atom is -0.370 e. The predicted molar refractivity (Wildman–Crippen MR) is 68.4 cm³/mol. The van der Waals surface area contributed by atoms with Gasteiger partial charge in [0.2, 0.25) is 11.7 Å². The van der Waals surface area contributed by atoms with E-state index in [1.807, 2.05) is 0 Å². The molecule has 0 saturated carbocycles. The van der Waals surface area contributed by atoms with Crippen LogP contribution in [0.25, 0.3) is 0 Å². The van der Waals surface area contributed by atoms with Crippen LogP contribution in [0.3, 0.4) is 0 Å². The van der Waals surface area contributed by atoms with Gasteiger partial charge < -0.3 is 11.1 Å². The summed E-state index contributed by atoms with van der Waals surface area (Å²) in [7, 11) is 0. The third-order valence-corrected chi connectivity index (χ3v) is 2.61. The standard InChI is InChI=1S/C12H13F2N3O4/c13-8-6-10(17(20)21)9(14)5-7(8)12(19)16-4-2-1-3-11(15)18/h5-6H,1-4H2,(H2,15,18)(H,16,19). The van der Waals surface area contributed by atoms with Crippen molar-refractivity contribution in [1.29, 1.82) is 0 Å². The van der Waals surface area contributed by atoms with Crippen LogP contribution < -0.4 is 11.1 Å². The van der Waals surface area contributed by atoms with Crippen molar-refractivity contribution in [2.45, 2.75) is 19.3 Å². The number of nitro groups is 1. The van der Waals surface area contributed by atoms with Crippen LogP contribution in [0.1, 0.15) is 29.6 Å². The lowest BCUT2D eigenvalue weighted by Crippen LogP contribution is -2.26. The molecule has 0 spiro atoms. The average Bonchev–Trinajstić information content (AvgIpc) is 2.39. The molecule has 0 radical (unpaired) electrons. The highest BCUT2D eigenvalue weighted by molar-refractivity contribution is 5.94. The number of rotatable bonds is 7. The molecule has 1 aromatic carbocycles. The quantitative estimate of drug-likeness (QED) is 0.448. The van der Waals surface area contributed by atoms with Crippen LogP contribution in [0.4, 0.5) is 14.5 Å². The maximum Gasteiger partial charge on any atom is 0.307 e. The molecule has 0 atom stereocenters. The van der Waals surface area contributed by atoms with Crippen molar-refractivity contribution >= 4 is 17.5 Å². The Bertz CT molecular complexity index is 578. The summed E-state index contributed by atoms with van der Waals surface area (Å²) < 4.78 is 26.9. The highest BCUT2D eigenvalue weighted by atomic mass is 19.1. The number of nitrogens with two attached hydrogens (primary N) is 1. The first-order valence-electron chi connectivity index (χ1n) is 6.03. The second-order valence-electron chi connectivity index (χ2n) is 4.22. The number of nitrogens with one attached hydrogen (secondary N) is 1. The van der Waals surface area contributed by atoms with Gasteiger partial charge in [0.15, 0.2) is 0 Å². The fourth-order valence-electron chi connectivity index (χ4n) is 1.57. The number of halogens is 2. The van der Waals surface area contributed by atoms with Gasteiger partial charge in [-0.2, -0.15) is 4.39 Å². The smallest absolute Gasteiger partial charge is 0.307 e. The summed E-state index contributed by atoms with van der Waals surface area (Å²) >= 11 is 0. The number of carbonyl (C=O) groups is 2. The van der Waals surface area contributed by atoms with Crippen molar-refractivity contribution in [3.63, 3.8) is 0 Å². The third-order valence-electron chi connectivity index (χ3n) is 2.61. The molecule has 9 heteroatoms. The minimum absolute atomic E-state index is 0.143. The number of unbranched alkanes of at least 4 members (excludes halogenated alkanes) is 1. The van der Waals surface area contributed by atoms with Gasteiger partial charge in [0.25, 0.3) is 5.91 Å². The van der Waals surface area contributed by atoms with E-state index in [4.69, 9.17) is 5.73 Å². The lowest BCUT2D eigenvalue weighted by atomic mass is 10.1. The maximum atomic E-state index is 13.5. The number of amides is 2. The largest absolute Gasteiger partial charge is 0.370 e. The van der Waals surface area contributed by atoms with Gasteiger partial charge in [-0.15, -0.1) is 0 Å². The van der Waals surface area contributed by atoms with Gasteiger partial charge >= 0.3 is 5.69 Å². The Hall–Kier alpha value is -2.58. The molecule has 0 bridgehead atoms. The Labute approximate surface area is 118 Å². The van der Waals surface area contributed by atoms with Crippen LogP contribution in [0.2, 0.25) is 0 Å². The lowest BCUT2D eigenvalue weighted by Gasteiger charge is -2.06. The summed E-state index contributed by atoms with van der Waals surface area (Å²) in [5, 5.41) is 12.7. The predicted octanol–water partition coefficient (Wildman–Crippen LogP) is 1.26. The highest BCUT2D eigenvalue weighted by Gasteiger charge is 2.21. The van der Waals surface area contributed by atoms with E-state index >= 15 is 0 Å². The summed E-state index contributed by atoms with van der Waals surface area (Å²) in [6.45, 7) is 0.143. The van der Waals surface area contributed by atoms with Crippen LogP contribution in [0, 0.1) is 21.7 Å². The minimum atomic E-state index is -1.29. The number of carbonyl (C=O) groups excluding carboxylic acids is 2. The van der Waals surface area contributed by atoms with Crippen LogP contribution in [0.5, 0.6) is 0 Å². The monoisotopic (exact) mass is 301 g/mol. The number of benzene rings is 1. The van der Waals surface area contributed by atoms with Gasteiger partial charge in [-0.1, -0.05) is 0 Å². The number of primary amides is 1. The molecular formula is C12H13F2N3O4. The molecule has 1 rings (SSSR count). The second-order valence-corrected chi connectivity index (χ2v) is 4.22. The van der Waals surface area contributed by atoms with Crippen molar-refractivity contribution < 1.29 is 23.3 Å². The molecule has 2 amide bonds. The van der Waals surface area contributed by atoms with E-state index in [9.17, 15) is 28.5 Å². The molecule has 0 aliphatic carbocycles. The van der Waals surface area contributed by atoms with Crippen LogP contribution in [-0.2, 0) is 4.79 Å². The van der Waals surface area contributed by atoms with E-state index in [1.54, 1.807) is 0 Å². The maximum absolute atomic E-state index is 13.5. The first-order chi connectivity index (χ1) is 9.82. The van der Waals surface area contributed by atoms with E-state index in [1.165, 1.54) is 0 Å². The molecule has 0 aliphatic heterocycles. The normalized spacial score (nSPS) is 10.2. The Morgan fingerprint density at radius 2 is 1.90 bits per heavy atom. The molecule has 1 aromatic rings. The fourth-order valence-corrected chi connectivity index (χ4v) is 1.57. The van der Waals surface area contributed by atoms with Gasteiger partial charge in [-0.05, 0) is 18.9 Å². The summed E-state index contributed by atoms with van der Waals surface area (Å²) in [6.07, 6.45) is 1.05. The zero-order chi connectivity index (χ0) is 16.0. The summed E-state index contributed by atoms with van der Waals surface area (Å²) in [5.74, 6) is -3.83. The van der Waals surface area contributed by atoms with E-state index in [2.05, 4.69) is 5.32 Å². The summed E-state index contributed by atoms with van der Waals surface area (Å²) in [6, 6.07) is 0.837. The van der Waals surface area contributed by atoms with Crippen LogP contribution >= 0.6 is 0 Å². The Morgan fingerprint density at radius 1 is 1.24 bits per heavy atom. The average molecular weight is 301 g/mol. The summed E-state index contributed by atoms with van der Waals surface area (Å²) in [4.78, 5) is 31.4. The van der Waals surface area contributed by atoms with E-state index in [-0.39, 0.29) is 13.0 Å². The fraction of sp³-hybridized carbons (Fsp3) is 0.333. The second kappa shape index (κ2) is 7.27. The Morgan fingerprint density at radius 3 is 2.48 bits per heavy atom. The zero-order valence-corrected chi connectivity index (χ0v) is 10.9. The Kier molecular flexibility index (Phi) is 5.70. The molecule has 7 nitrogen and oxygen atoms in total. The van der Waals surface area contributed by atoms with E-state index in [0.717, 1.165) is 0 Å². The molecule has 114 valence electrons. The van der Waals surface area contributed by atoms with Crippen molar-refractivity contribution in [3.8, 4) is 0 Å². The third kappa shape index (κ3) is 4.79. The molecule has 0 saturated heterocycles. The van der Waals surface area contributed by atoms with Crippen molar-refractivity contribution in [2.75, 3.05) is 6.54 Å². The highest BCUT2D eigenvalue weighted by Crippen LogP contribution is 2.21. The van der Waals surface area contributed by atoms with Crippen molar-refractivity contribution in [3.05, 3.63) is 39.4 Å². The van der Waals surface area contributed by atoms with E-state index in [0.29, 0.717) is 25.0 Å².